The van der Waals surface area contributed by atoms with E-state index in [-0.39, 0.29) is 5.91 Å². The Kier molecular flexibility index (Phi) is 5.28. The topological polar surface area (TPSA) is 70.7 Å². The third kappa shape index (κ3) is 4.01. The number of amides is 1. The zero-order valence-corrected chi connectivity index (χ0v) is 15.9. The second kappa shape index (κ2) is 7.63. The number of methoxy groups -OCH3 is 1. The van der Waals surface area contributed by atoms with Crippen molar-refractivity contribution in [2.75, 3.05) is 31.8 Å². The molecule has 27 heavy (non-hydrogen) atoms. The molecule has 2 aromatic carbocycles. The zero-order valence-electron chi connectivity index (χ0n) is 15.9. The molecule has 140 valence electrons. The minimum absolute atomic E-state index is 0.193. The van der Waals surface area contributed by atoms with E-state index >= 15 is 0 Å². The van der Waals surface area contributed by atoms with E-state index in [1.54, 1.807) is 18.2 Å². The summed E-state index contributed by atoms with van der Waals surface area (Å²) < 4.78 is 4.73. The van der Waals surface area contributed by atoms with Crippen LogP contribution in [-0.4, -0.2) is 38.0 Å². The maximum atomic E-state index is 12.5. The van der Waals surface area contributed by atoms with Gasteiger partial charge in [0.25, 0.3) is 5.91 Å². The second-order valence-electron chi connectivity index (χ2n) is 6.77. The van der Waals surface area contributed by atoms with Gasteiger partial charge in [0.15, 0.2) is 0 Å². The predicted octanol–water partition coefficient (Wildman–Crippen LogP) is 3.33. The summed E-state index contributed by atoms with van der Waals surface area (Å²) in [7, 11) is 5.39. The molecule has 0 saturated heterocycles. The first-order chi connectivity index (χ1) is 12.9. The number of carbonyl (C=O) groups is 2. The fourth-order valence-electron chi connectivity index (χ4n) is 3.13. The van der Waals surface area contributed by atoms with Crippen molar-refractivity contribution >= 4 is 28.8 Å². The largest absolute Gasteiger partial charge is 0.465 e. The van der Waals surface area contributed by atoms with Crippen molar-refractivity contribution in [3.8, 4) is 0 Å². The Balaban J connectivity index is 1.86. The van der Waals surface area contributed by atoms with Crippen LogP contribution in [0.15, 0.2) is 48.2 Å². The number of hydrogen-bond acceptors (Lipinski definition) is 5. The molecule has 0 aliphatic carbocycles. The summed E-state index contributed by atoms with van der Waals surface area (Å²) in [6, 6.07) is 13.2. The number of rotatable bonds is 5. The molecule has 2 N–H and O–H groups in total. The summed E-state index contributed by atoms with van der Waals surface area (Å²) >= 11 is 0. The summed E-state index contributed by atoms with van der Waals surface area (Å²) in [5.74, 6) is -0.626. The van der Waals surface area contributed by atoms with Crippen molar-refractivity contribution in [3.05, 3.63) is 64.9 Å². The molecular formula is C21H23N3O3. The molecule has 0 saturated carbocycles. The molecule has 6 heteroatoms. The highest BCUT2D eigenvalue weighted by Crippen LogP contribution is 2.35. The number of ether oxygens (including phenoxy) is 1. The number of carbonyl (C=O) groups excluding carboxylic acids is 2. The monoisotopic (exact) mass is 365 g/mol. The molecule has 0 bridgehead atoms. The van der Waals surface area contributed by atoms with E-state index in [0.29, 0.717) is 16.8 Å². The molecule has 0 unspecified atom stereocenters. The van der Waals surface area contributed by atoms with Gasteiger partial charge in [-0.25, -0.2) is 4.79 Å². The van der Waals surface area contributed by atoms with Crippen LogP contribution >= 0.6 is 0 Å². The first-order valence-electron chi connectivity index (χ1n) is 8.64. The molecule has 3 rings (SSSR count). The number of esters is 1. The van der Waals surface area contributed by atoms with E-state index in [9.17, 15) is 9.59 Å². The van der Waals surface area contributed by atoms with Crippen molar-refractivity contribution in [2.45, 2.75) is 13.5 Å². The van der Waals surface area contributed by atoms with Crippen LogP contribution in [0.5, 0.6) is 0 Å². The van der Waals surface area contributed by atoms with Crippen molar-refractivity contribution in [1.29, 1.82) is 0 Å². The van der Waals surface area contributed by atoms with Crippen LogP contribution in [-0.2, 0) is 16.1 Å². The standard InChI is InChI=1S/C21H23N3O3/c1-13(22-16-8-5-14(6-9-16)12-24(2)3)19-17-10-7-15(21(26)27-4)11-18(17)23-20(19)25/h5-11,22H,12H2,1-4H3,(H,23,25)/b19-13-. The predicted molar refractivity (Wildman–Crippen MR) is 106 cm³/mol. The summed E-state index contributed by atoms with van der Waals surface area (Å²) in [4.78, 5) is 26.3. The number of nitrogens with zero attached hydrogens (tertiary/aromatic N) is 1. The van der Waals surface area contributed by atoms with Crippen LogP contribution < -0.4 is 10.6 Å². The Bertz CT molecular complexity index is 915. The van der Waals surface area contributed by atoms with E-state index < -0.39 is 5.97 Å². The van der Waals surface area contributed by atoms with Crippen LogP contribution in [0.1, 0.15) is 28.4 Å². The second-order valence-corrected chi connectivity index (χ2v) is 6.77. The van der Waals surface area contributed by atoms with Gasteiger partial charge >= 0.3 is 5.97 Å². The smallest absolute Gasteiger partial charge is 0.337 e. The van der Waals surface area contributed by atoms with Crippen molar-refractivity contribution in [3.63, 3.8) is 0 Å². The van der Waals surface area contributed by atoms with Crippen LogP contribution in [0.4, 0.5) is 11.4 Å². The van der Waals surface area contributed by atoms with Crippen LogP contribution in [0.2, 0.25) is 0 Å². The maximum absolute atomic E-state index is 12.5. The lowest BCUT2D eigenvalue weighted by Gasteiger charge is -2.12. The molecule has 1 heterocycles. The highest BCUT2D eigenvalue weighted by Gasteiger charge is 2.27. The van der Waals surface area contributed by atoms with E-state index in [1.807, 2.05) is 33.2 Å². The van der Waals surface area contributed by atoms with E-state index in [0.717, 1.165) is 23.5 Å². The Morgan fingerprint density at radius 1 is 1.15 bits per heavy atom. The Labute approximate surface area is 158 Å². The third-order valence-electron chi connectivity index (χ3n) is 4.34. The molecule has 0 radical (unpaired) electrons. The molecule has 0 spiro atoms. The zero-order chi connectivity index (χ0) is 19.6. The molecular weight excluding hydrogens is 342 g/mol. The number of anilines is 2. The Morgan fingerprint density at radius 2 is 1.85 bits per heavy atom. The van der Waals surface area contributed by atoms with Gasteiger partial charge < -0.3 is 20.3 Å². The van der Waals surface area contributed by atoms with Crippen LogP contribution in [0.3, 0.4) is 0 Å². The summed E-state index contributed by atoms with van der Waals surface area (Å²) in [5.41, 5.74) is 5.23. The molecule has 1 aliphatic rings. The SMILES string of the molecule is COC(=O)c1ccc2c(c1)NC(=O)/C2=C(/C)Nc1ccc(CN(C)C)cc1. The van der Waals surface area contributed by atoms with Gasteiger partial charge in [-0.05, 0) is 50.8 Å². The highest BCUT2D eigenvalue weighted by molar-refractivity contribution is 6.32. The molecule has 0 fully saturated rings. The van der Waals surface area contributed by atoms with Crippen LogP contribution in [0.25, 0.3) is 5.57 Å². The van der Waals surface area contributed by atoms with Crippen LogP contribution in [0, 0.1) is 0 Å². The van der Waals surface area contributed by atoms with Gasteiger partial charge in [-0.1, -0.05) is 18.2 Å². The first kappa shape index (κ1) is 18.7. The normalized spacial score (nSPS) is 14.6. The fourth-order valence-corrected chi connectivity index (χ4v) is 3.13. The molecule has 2 aromatic rings. The minimum atomic E-state index is -0.433. The lowest BCUT2D eigenvalue weighted by atomic mass is 10.0. The van der Waals surface area contributed by atoms with Gasteiger partial charge in [-0.3, -0.25) is 4.79 Å². The minimum Gasteiger partial charge on any atom is -0.465 e. The van der Waals surface area contributed by atoms with Gasteiger partial charge in [0.2, 0.25) is 0 Å². The number of fused-ring (bicyclic) bond motifs is 1. The highest BCUT2D eigenvalue weighted by atomic mass is 16.5. The van der Waals surface area contributed by atoms with E-state index in [1.165, 1.54) is 12.7 Å². The summed E-state index contributed by atoms with van der Waals surface area (Å²) in [6.45, 7) is 2.74. The first-order valence-corrected chi connectivity index (χ1v) is 8.64. The van der Waals surface area contributed by atoms with Gasteiger partial charge in [0.05, 0.1) is 23.9 Å². The van der Waals surface area contributed by atoms with E-state index in [4.69, 9.17) is 4.74 Å². The van der Waals surface area contributed by atoms with Gasteiger partial charge in [-0.2, -0.15) is 0 Å². The van der Waals surface area contributed by atoms with Crippen molar-refractivity contribution in [1.82, 2.24) is 4.90 Å². The molecule has 0 aromatic heterocycles. The van der Waals surface area contributed by atoms with Crippen molar-refractivity contribution in [2.24, 2.45) is 0 Å². The van der Waals surface area contributed by atoms with Crippen molar-refractivity contribution < 1.29 is 14.3 Å². The number of benzene rings is 2. The fraction of sp³-hybridized carbons (Fsp3) is 0.238. The lowest BCUT2D eigenvalue weighted by molar-refractivity contribution is -0.110. The average molecular weight is 365 g/mol. The van der Waals surface area contributed by atoms with Gasteiger partial charge in [0, 0.05) is 23.5 Å². The molecule has 1 aliphatic heterocycles. The maximum Gasteiger partial charge on any atom is 0.337 e. The number of nitrogens with one attached hydrogen (secondary N) is 2. The van der Waals surface area contributed by atoms with Gasteiger partial charge in [0.1, 0.15) is 0 Å². The lowest BCUT2D eigenvalue weighted by Crippen LogP contribution is -2.11. The number of hydrogen-bond donors (Lipinski definition) is 2. The summed E-state index contributed by atoms with van der Waals surface area (Å²) in [6.07, 6.45) is 0. The quantitative estimate of drug-likeness (QED) is 0.628. The Morgan fingerprint density at radius 3 is 2.48 bits per heavy atom. The summed E-state index contributed by atoms with van der Waals surface area (Å²) in [5, 5.41) is 6.11. The molecule has 0 atom stereocenters. The van der Waals surface area contributed by atoms with Gasteiger partial charge in [-0.15, -0.1) is 0 Å². The number of allylic oxidation sites excluding steroid dienone is 1. The average Bonchev–Trinajstić information content (AvgIpc) is 2.97. The molecule has 6 nitrogen and oxygen atoms in total. The third-order valence-corrected chi connectivity index (χ3v) is 4.34. The Hall–Kier alpha value is -3.12. The van der Waals surface area contributed by atoms with E-state index in [2.05, 4.69) is 27.7 Å². The molecule has 1 amide bonds.